The number of carbonyl (C=O) groups is 1. The summed E-state index contributed by atoms with van der Waals surface area (Å²) in [6.07, 6.45) is 7.31. The van der Waals surface area contributed by atoms with Gasteiger partial charge in [0.1, 0.15) is 0 Å². The van der Waals surface area contributed by atoms with Crippen LogP contribution in [-0.2, 0) is 14.3 Å². The second-order valence-electron chi connectivity index (χ2n) is 6.43. The number of rotatable bonds is 3. The third-order valence-corrected chi connectivity index (χ3v) is 4.93. The van der Waals surface area contributed by atoms with E-state index >= 15 is 0 Å². The van der Waals surface area contributed by atoms with E-state index < -0.39 is 0 Å². The van der Waals surface area contributed by atoms with Gasteiger partial charge in [0.2, 0.25) is 5.91 Å². The maximum Gasteiger partial charge on any atom is 0.240 e. The smallest absolute Gasteiger partial charge is 0.240 e. The molecule has 5 heteroatoms. The van der Waals surface area contributed by atoms with Crippen molar-refractivity contribution in [2.45, 2.75) is 50.7 Å². The summed E-state index contributed by atoms with van der Waals surface area (Å²) in [4.78, 5) is 17.2. The molecule has 120 valence electrons. The van der Waals surface area contributed by atoms with E-state index in [1.54, 1.807) is 0 Å². The van der Waals surface area contributed by atoms with E-state index in [9.17, 15) is 4.79 Å². The second-order valence-corrected chi connectivity index (χ2v) is 6.43. The number of amides is 1. The van der Waals surface area contributed by atoms with Gasteiger partial charge in [-0.3, -0.25) is 9.69 Å². The summed E-state index contributed by atoms with van der Waals surface area (Å²) in [5.41, 5.74) is 0. The van der Waals surface area contributed by atoms with Gasteiger partial charge in [0, 0.05) is 26.2 Å². The molecule has 3 heterocycles. The summed E-state index contributed by atoms with van der Waals surface area (Å²) >= 11 is 0. The van der Waals surface area contributed by atoms with Crippen LogP contribution in [0.3, 0.4) is 0 Å². The number of nitrogens with zero attached hydrogens (tertiary/aromatic N) is 2. The van der Waals surface area contributed by atoms with Gasteiger partial charge in [0.25, 0.3) is 0 Å². The van der Waals surface area contributed by atoms with Gasteiger partial charge in [0.05, 0.1) is 25.4 Å². The number of carbonyl (C=O) groups excluding carboxylic acids is 1. The first-order chi connectivity index (χ1) is 10.3. The Balaban J connectivity index is 1.58. The molecule has 0 aromatic rings. The van der Waals surface area contributed by atoms with Gasteiger partial charge in [-0.15, -0.1) is 0 Å². The van der Waals surface area contributed by atoms with E-state index in [2.05, 4.69) is 4.90 Å². The molecule has 3 saturated heterocycles. The number of likely N-dealkylation sites (tertiary alicyclic amines) is 1. The first-order valence-electron chi connectivity index (χ1n) is 8.57. The zero-order valence-corrected chi connectivity index (χ0v) is 13.0. The van der Waals surface area contributed by atoms with Crippen molar-refractivity contribution in [3.63, 3.8) is 0 Å². The van der Waals surface area contributed by atoms with Crippen LogP contribution in [0.1, 0.15) is 38.5 Å². The van der Waals surface area contributed by atoms with Crippen molar-refractivity contribution in [1.29, 1.82) is 0 Å². The van der Waals surface area contributed by atoms with Crippen molar-refractivity contribution in [2.75, 3.05) is 46.0 Å². The van der Waals surface area contributed by atoms with Crippen molar-refractivity contribution in [1.82, 2.24) is 9.80 Å². The van der Waals surface area contributed by atoms with Gasteiger partial charge < -0.3 is 14.4 Å². The van der Waals surface area contributed by atoms with E-state index in [0.29, 0.717) is 25.2 Å². The van der Waals surface area contributed by atoms with E-state index in [0.717, 1.165) is 45.6 Å². The molecule has 0 unspecified atom stereocenters. The predicted octanol–water partition coefficient (Wildman–Crippen LogP) is 1.27. The van der Waals surface area contributed by atoms with Gasteiger partial charge in [-0.2, -0.15) is 0 Å². The third-order valence-electron chi connectivity index (χ3n) is 4.93. The van der Waals surface area contributed by atoms with Crippen LogP contribution in [0.4, 0.5) is 0 Å². The summed E-state index contributed by atoms with van der Waals surface area (Å²) in [5, 5.41) is 0. The van der Waals surface area contributed by atoms with Crippen LogP contribution in [0.25, 0.3) is 0 Å². The van der Waals surface area contributed by atoms with E-state index in [1.165, 1.54) is 25.7 Å². The predicted molar refractivity (Wildman–Crippen MR) is 80.2 cm³/mol. The largest absolute Gasteiger partial charge is 0.378 e. The zero-order valence-electron chi connectivity index (χ0n) is 13.0. The van der Waals surface area contributed by atoms with Gasteiger partial charge in [0.15, 0.2) is 0 Å². The van der Waals surface area contributed by atoms with Crippen LogP contribution in [0.2, 0.25) is 0 Å². The Kier molecular flexibility index (Phi) is 5.49. The molecule has 3 aliphatic heterocycles. The Morgan fingerprint density at radius 1 is 0.952 bits per heavy atom. The van der Waals surface area contributed by atoms with Crippen molar-refractivity contribution in [3.8, 4) is 0 Å². The number of hydrogen-bond donors (Lipinski definition) is 0. The van der Waals surface area contributed by atoms with Crippen LogP contribution in [0.5, 0.6) is 0 Å². The molecule has 3 aliphatic rings. The summed E-state index contributed by atoms with van der Waals surface area (Å²) in [6, 6.07) is 0.0716. The first kappa shape index (κ1) is 15.3. The minimum absolute atomic E-state index is 0.0716. The molecular weight excluding hydrogens is 268 g/mol. The minimum atomic E-state index is 0.0716. The molecule has 0 aromatic heterocycles. The topological polar surface area (TPSA) is 42.0 Å². The van der Waals surface area contributed by atoms with E-state index in [1.807, 2.05) is 4.90 Å². The average molecular weight is 296 g/mol. The minimum Gasteiger partial charge on any atom is -0.378 e. The Bertz CT molecular complexity index is 338. The van der Waals surface area contributed by atoms with Gasteiger partial charge in [-0.25, -0.2) is 0 Å². The monoisotopic (exact) mass is 296 g/mol. The van der Waals surface area contributed by atoms with Gasteiger partial charge in [-0.1, -0.05) is 6.42 Å². The molecule has 0 N–H and O–H groups in total. The molecule has 5 nitrogen and oxygen atoms in total. The van der Waals surface area contributed by atoms with E-state index in [-0.39, 0.29) is 6.04 Å². The summed E-state index contributed by atoms with van der Waals surface area (Å²) in [6.45, 7) is 5.74. The fourth-order valence-corrected chi connectivity index (χ4v) is 3.70. The molecule has 21 heavy (non-hydrogen) atoms. The highest BCUT2D eigenvalue weighted by molar-refractivity contribution is 5.82. The quantitative estimate of drug-likeness (QED) is 0.786. The Hall–Kier alpha value is -0.650. The van der Waals surface area contributed by atoms with Gasteiger partial charge >= 0.3 is 0 Å². The Morgan fingerprint density at radius 3 is 2.52 bits per heavy atom. The molecule has 3 rings (SSSR count). The molecule has 0 bridgehead atoms. The lowest BCUT2D eigenvalue weighted by atomic mass is 9.99. The van der Waals surface area contributed by atoms with Crippen molar-refractivity contribution in [2.24, 2.45) is 0 Å². The highest BCUT2D eigenvalue weighted by Crippen LogP contribution is 2.22. The maximum atomic E-state index is 12.8. The first-order valence-corrected chi connectivity index (χ1v) is 8.57. The molecule has 0 radical (unpaired) electrons. The van der Waals surface area contributed by atoms with Crippen LogP contribution < -0.4 is 0 Å². The fourth-order valence-electron chi connectivity index (χ4n) is 3.70. The van der Waals surface area contributed by atoms with Crippen LogP contribution in [-0.4, -0.2) is 73.9 Å². The molecule has 0 saturated carbocycles. The normalized spacial score (nSPS) is 32.1. The summed E-state index contributed by atoms with van der Waals surface area (Å²) < 4.78 is 11.2. The summed E-state index contributed by atoms with van der Waals surface area (Å²) in [5.74, 6) is 0.314. The number of morpholine rings is 1. The fraction of sp³-hybridized carbons (Fsp3) is 0.938. The second kappa shape index (κ2) is 7.56. The lowest BCUT2D eigenvalue weighted by molar-refractivity contribution is -0.143. The highest BCUT2D eigenvalue weighted by atomic mass is 16.5. The molecule has 0 aromatic carbocycles. The maximum absolute atomic E-state index is 12.8. The number of hydrogen-bond acceptors (Lipinski definition) is 4. The zero-order chi connectivity index (χ0) is 14.5. The van der Waals surface area contributed by atoms with Crippen LogP contribution >= 0.6 is 0 Å². The number of piperidine rings is 1. The Labute approximate surface area is 127 Å². The molecule has 1 amide bonds. The molecule has 0 spiro atoms. The number of ether oxygens (including phenoxy) is 2. The summed E-state index contributed by atoms with van der Waals surface area (Å²) in [7, 11) is 0. The molecule has 2 atom stereocenters. The van der Waals surface area contributed by atoms with Crippen LogP contribution in [0.15, 0.2) is 0 Å². The average Bonchev–Trinajstić information content (AvgIpc) is 2.56. The third kappa shape index (κ3) is 3.96. The Morgan fingerprint density at radius 2 is 1.76 bits per heavy atom. The molecule has 0 aliphatic carbocycles. The van der Waals surface area contributed by atoms with Gasteiger partial charge in [-0.05, 0) is 38.6 Å². The van der Waals surface area contributed by atoms with E-state index in [4.69, 9.17) is 9.47 Å². The highest BCUT2D eigenvalue weighted by Gasteiger charge is 2.34. The SMILES string of the molecule is O=C([C@H]1CCCCN1C[C@@H]1CCCCO1)N1CCOCC1. The molecule has 3 fully saturated rings. The lowest BCUT2D eigenvalue weighted by Crippen LogP contribution is -2.55. The van der Waals surface area contributed by atoms with Crippen molar-refractivity contribution in [3.05, 3.63) is 0 Å². The molecular formula is C16H28N2O3. The van der Waals surface area contributed by atoms with Crippen molar-refractivity contribution >= 4 is 5.91 Å². The van der Waals surface area contributed by atoms with Crippen LogP contribution in [0, 0.1) is 0 Å². The van der Waals surface area contributed by atoms with Crippen molar-refractivity contribution < 1.29 is 14.3 Å². The standard InChI is InChI=1S/C16H28N2O3/c19-16(17-8-11-20-12-9-17)15-6-1-3-7-18(15)13-14-5-2-4-10-21-14/h14-15H,1-13H2/t14-,15+/m0/s1. The lowest BCUT2D eigenvalue weighted by Gasteiger charge is -2.40.